The Balaban J connectivity index is 1.89. The zero-order chi connectivity index (χ0) is 15.9. The lowest BCUT2D eigenvalue weighted by atomic mass is 10.1. The van der Waals surface area contributed by atoms with E-state index in [1.165, 1.54) is 0 Å². The third-order valence-electron chi connectivity index (χ3n) is 3.60. The number of amides is 2. The molecule has 2 aromatic carbocycles. The zero-order valence-corrected chi connectivity index (χ0v) is 11.7. The van der Waals surface area contributed by atoms with Gasteiger partial charge in [-0.3, -0.25) is 14.5 Å². The molecule has 0 saturated carbocycles. The summed E-state index contributed by atoms with van der Waals surface area (Å²) in [6.07, 6.45) is 0. The van der Waals surface area contributed by atoms with E-state index in [1.54, 1.807) is 42.5 Å². The van der Waals surface area contributed by atoms with Gasteiger partial charge in [0.05, 0.1) is 23.4 Å². The van der Waals surface area contributed by atoms with Gasteiger partial charge in [0.15, 0.2) is 0 Å². The van der Waals surface area contributed by atoms with Crippen LogP contribution in [0.2, 0.25) is 0 Å². The van der Waals surface area contributed by atoms with Crippen molar-refractivity contribution in [1.82, 2.24) is 4.90 Å². The van der Waals surface area contributed by atoms with Gasteiger partial charge in [-0.25, -0.2) is 0 Å². The number of nitrogen functional groups attached to an aromatic ring is 2. The number of imide groups is 1. The second kappa shape index (κ2) is 5.00. The van der Waals surface area contributed by atoms with E-state index < -0.39 is 11.8 Å². The fraction of sp³-hybridized carbons (Fsp3) is 0.0625. The van der Waals surface area contributed by atoms with Gasteiger partial charge in [0.2, 0.25) is 0 Å². The summed E-state index contributed by atoms with van der Waals surface area (Å²) in [5, 5.41) is 8.14. The number of benzene rings is 2. The number of nitrogens with two attached hydrogens (primary N) is 2. The maximum absolute atomic E-state index is 12.3. The van der Waals surface area contributed by atoms with Crippen molar-refractivity contribution in [2.24, 2.45) is 0 Å². The lowest BCUT2D eigenvalue weighted by molar-refractivity contribution is 0.0677. The first-order chi connectivity index (χ1) is 10.5. The first-order valence-electron chi connectivity index (χ1n) is 6.67. The van der Waals surface area contributed by atoms with Crippen LogP contribution in [0.4, 0.5) is 11.4 Å². The zero-order valence-electron chi connectivity index (χ0n) is 11.7. The Morgan fingerprint density at radius 2 is 1.59 bits per heavy atom. The van der Waals surface area contributed by atoms with Crippen molar-refractivity contribution in [2.45, 2.75) is 0 Å². The van der Waals surface area contributed by atoms with Crippen molar-refractivity contribution >= 4 is 28.9 Å². The summed E-state index contributed by atoms with van der Waals surface area (Å²) >= 11 is 0. The molecular formula is C16H14N4O2. The quantitative estimate of drug-likeness (QED) is 0.452. The smallest absolute Gasteiger partial charge is 0.261 e. The molecule has 0 unspecified atom stereocenters. The van der Waals surface area contributed by atoms with Gasteiger partial charge >= 0.3 is 0 Å². The monoisotopic (exact) mass is 294 g/mol. The van der Waals surface area contributed by atoms with Crippen molar-refractivity contribution in [3.63, 3.8) is 0 Å². The molecule has 1 aliphatic heterocycles. The van der Waals surface area contributed by atoms with Gasteiger partial charge in [0.25, 0.3) is 11.8 Å². The molecule has 0 spiro atoms. The van der Waals surface area contributed by atoms with Gasteiger partial charge in [-0.15, -0.1) is 0 Å². The summed E-state index contributed by atoms with van der Waals surface area (Å²) in [6, 6.07) is 11.4. The lowest BCUT2D eigenvalue weighted by Crippen LogP contribution is -2.35. The predicted molar refractivity (Wildman–Crippen MR) is 83.9 cm³/mol. The molecule has 2 amide bonds. The van der Waals surface area contributed by atoms with Gasteiger partial charge < -0.3 is 16.9 Å². The molecule has 0 bridgehead atoms. The molecule has 0 atom stereocenters. The van der Waals surface area contributed by atoms with E-state index in [-0.39, 0.29) is 12.3 Å². The van der Waals surface area contributed by atoms with Gasteiger partial charge in [-0.05, 0) is 30.3 Å². The summed E-state index contributed by atoms with van der Waals surface area (Å²) in [5.74, 6) is -0.791. The van der Waals surface area contributed by atoms with E-state index in [9.17, 15) is 9.59 Å². The van der Waals surface area contributed by atoms with Crippen molar-refractivity contribution in [1.29, 1.82) is 5.41 Å². The maximum Gasteiger partial charge on any atom is 0.261 e. The van der Waals surface area contributed by atoms with E-state index in [4.69, 9.17) is 16.9 Å². The third kappa shape index (κ3) is 2.10. The molecule has 0 radical (unpaired) electrons. The Labute approximate surface area is 126 Å². The van der Waals surface area contributed by atoms with Crippen LogP contribution in [0.25, 0.3) is 0 Å². The summed E-state index contributed by atoms with van der Waals surface area (Å²) in [6.45, 7) is -0.139. The number of carbonyl (C=O) groups is 2. The van der Waals surface area contributed by atoms with Crippen molar-refractivity contribution in [2.75, 3.05) is 18.0 Å². The number of nitrogens with zero attached hydrogens (tertiary/aromatic N) is 1. The van der Waals surface area contributed by atoms with E-state index in [2.05, 4.69) is 0 Å². The number of hydrogen-bond donors (Lipinski definition) is 3. The van der Waals surface area contributed by atoms with Crippen LogP contribution >= 0.6 is 0 Å². The average Bonchev–Trinajstić information content (AvgIpc) is 2.75. The number of carbonyl (C=O) groups excluding carboxylic acids is 2. The molecule has 22 heavy (non-hydrogen) atoms. The third-order valence-corrected chi connectivity index (χ3v) is 3.60. The molecule has 1 aliphatic rings. The predicted octanol–water partition coefficient (Wildman–Crippen LogP) is 1.52. The van der Waals surface area contributed by atoms with E-state index >= 15 is 0 Å². The molecule has 1 heterocycles. The second-order valence-electron chi connectivity index (χ2n) is 5.07. The van der Waals surface area contributed by atoms with Crippen molar-refractivity contribution in [3.05, 3.63) is 59.2 Å². The summed E-state index contributed by atoms with van der Waals surface area (Å²) in [7, 11) is 0. The number of anilines is 2. The average molecular weight is 294 g/mol. The molecule has 0 fully saturated rings. The Morgan fingerprint density at radius 3 is 2.18 bits per heavy atom. The summed E-state index contributed by atoms with van der Waals surface area (Å²) in [4.78, 5) is 25.6. The van der Waals surface area contributed by atoms with Gasteiger partial charge in [0.1, 0.15) is 0 Å². The number of hydrogen-bond acceptors (Lipinski definition) is 5. The van der Waals surface area contributed by atoms with Crippen molar-refractivity contribution < 1.29 is 9.59 Å². The molecule has 6 heteroatoms. The highest BCUT2D eigenvalue weighted by atomic mass is 16.2. The topological polar surface area (TPSA) is 113 Å². The molecule has 3 rings (SSSR count). The van der Waals surface area contributed by atoms with Crippen molar-refractivity contribution in [3.8, 4) is 0 Å². The minimum absolute atomic E-state index is 0.0688. The number of nitrogens with one attached hydrogen (secondary N) is 1. The normalized spacial score (nSPS) is 13.4. The Bertz CT molecular complexity index is 779. The van der Waals surface area contributed by atoms with Crippen LogP contribution in [0, 0.1) is 5.41 Å². The lowest BCUT2D eigenvalue weighted by Gasteiger charge is -2.16. The molecule has 2 aromatic rings. The van der Waals surface area contributed by atoms with Crippen LogP contribution in [0.3, 0.4) is 0 Å². The van der Waals surface area contributed by atoms with Crippen LogP contribution in [0.15, 0.2) is 42.5 Å². The highest BCUT2D eigenvalue weighted by molar-refractivity contribution is 6.23. The second-order valence-corrected chi connectivity index (χ2v) is 5.07. The van der Waals surface area contributed by atoms with Gasteiger partial charge in [0, 0.05) is 16.9 Å². The van der Waals surface area contributed by atoms with Crippen LogP contribution in [0.1, 0.15) is 26.3 Å². The standard InChI is InChI=1S/C16H14N4O2/c17-9-5-6-13(18)12(7-9)14(19)8-20-15(21)10-3-1-2-4-11(10)16(20)22/h1-7,19H,8,17-18H2. The minimum Gasteiger partial charge on any atom is -0.399 e. The molecule has 110 valence electrons. The number of fused-ring (bicyclic) bond motifs is 1. The van der Waals surface area contributed by atoms with Crippen LogP contribution in [0.5, 0.6) is 0 Å². The molecule has 0 saturated heterocycles. The summed E-state index contributed by atoms with van der Waals surface area (Å²) in [5.41, 5.74) is 13.6. The number of rotatable bonds is 3. The SMILES string of the molecule is N=C(CN1C(=O)c2ccccc2C1=O)c1cc(N)ccc1N. The van der Waals surface area contributed by atoms with Crippen LogP contribution < -0.4 is 11.5 Å². The molecule has 0 aliphatic carbocycles. The highest BCUT2D eigenvalue weighted by Crippen LogP contribution is 2.23. The van der Waals surface area contributed by atoms with E-state index in [0.717, 1.165) is 4.90 Å². The highest BCUT2D eigenvalue weighted by Gasteiger charge is 2.35. The molecule has 6 nitrogen and oxygen atoms in total. The van der Waals surface area contributed by atoms with Crippen LogP contribution in [-0.4, -0.2) is 29.0 Å². The largest absolute Gasteiger partial charge is 0.399 e. The Kier molecular flexibility index (Phi) is 3.14. The van der Waals surface area contributed by atoms with E-state index in [0.29, 0.717) is 28.1 Å². The first kappa shape index (κ1) is 13.8. The molecule has 0 aromatic heterocycles. The first-order valence-corrected chi connectivity index (χ1v) is 6.67. The Morgan fingerprint density at radius 1 is 1.00 bits per heavy atom. The molecule has 5 N–H and O–H groups in total. The van der Waals surface area contributed by atoms with Crippen LogP contribution in [-0.2, 0) is 0 Å². The fourth-order valence-corrected chi connectivity index (χ4v) is 2.46. The Hall–Kier alpha value is -3.15. The fourth-order valence-electron chi connectivity index (χ4n) is 2.46. The minimum atomic E-state index is -0.396. The maximum atomic E-state index is 12.3. The summed E-state index contributed by atoms with van der Waals surface area (Å²) < 4.78 is 0. The molecular weight excluding hydrogens is 280 g/mol. The van der Waals surface area contributed by atoms with Gasteiger partial charge in [-0.2, -0.15) is 0 Å². The van der Waals surface area contributed by atoms with Gasteiger partial charge in [-0.1, -0.05) is 12.1 Å². The van der Waals surface area contributed by atoms with E-state index in [1.807, 2.05) is 0 Å².